The molecule has 0 atom stereocenters. The maximum absolute atomic E-state index is 12.8. The number of methoxy groups -OCH3 is 1. The largest absolute Gasteiger partial charge is 0.495 e. The number of carbonyl (C=O) groups excluding carboxylic acids is 1. The first-order valence-electron chi connectivity index (χ1n) is 9.02. The van der Waals surface area contributed by atoms with Crippen LogP contribution in [0.2, 0.25) is 0 Å². The fraction of sp³-hybridized carbons (Fsp3) is 0.227. The summed E-state index contributed by atoms with van der Waals surface area (Å²) in [5.74, 6) is 1.45. The van der Waals surface area contributed by atoms with Crippen molar-refractivity contribution in [3.63, 3.8) is 0 Å². The second kappa shape index (κ2) is 8.08. The lowest BCUT2D eigenvalue weighted by molar-refractivity contribution is 0.102. The normalized spacial score (nSPS) is 10.5. The Labute approximate surface area is 165 Å². The molecule has 0 aliphatic carbocycles. The van der Waals surface area contributed by atoms with E-state index in [9.17, 15) is 4.79 Å². The van der Waals surface area contributed by atoms with Crippen molar-refractivity contribution in [2.75, 3.05) is 17.7 Å². The lowest BCUT2D eigenvalue weighted by atomic mass is 10.0. The molecule has 0 aliphatic heterocycles. The first-order valence-corrected chi connectivity index (χ1v) is 9.02. The van der Waals surface area contributed by atoms with Gasteiger partial charge in [-0.1, -0.05) is 29.8 Å². The zero-order valence-electron chi connectivity index (χ0n) is 16.8. The van der Waals surface area contributed by atoms with Crippen molar-refractivity contribution in [2.24, 2.45) is 0 Å². The third-order valence-corrected chi connectivity index (χ3v) is 4.36. The Morgan fingerprint density at radius 1 is 0.964 bits per heavy atom. The van der Waals surface area contributed by atoms with Crippen LogP contribution >= 0.6 is 0 Å². The molecule has 6 heteroatoms. The summed E-state index contributed by atoms with van der Waals surface area (Å²) in [6, 6.07) is 13.2. The van der Waals surface area contributed by atoms with Crippen LogP contribution in [0, 0.1) is 27.7 Å². The van der Waals surface area contributed by atoms with Crippen molar-refractivity contribution in [1.82, 2.24) is 9.97 Å². The third kappa shape index (κ3) is 4.28. The fourth-order valence-electron chi connectivity index (χ4n) is 3.19. The van der Waals surface area contributed by atoms with Crippen LogP contribution in [0.3, 0.4) is 0 Å². The van der Waals surface area contributed by atoms with Crippen LogP contribution < -0.4 is 15.4 Å². The third-order valence-electron chi connectivity index (χ3n) is 4.36. The van der Waals surface area contributed by atoms with E-state index in [-0.39, 0.29) is 5.91 Å². The molecule has 3 aromatic rings. The summed E-state index contributed by atoms with van der Waals surface area (Å²) in [7, 11) is 1.61. The Kier molecular flexibility index (Phi) is 5.59. The average Bonchev–Trinajstić information content (AvgIpc) is 2.64. The highest BCUT2D eigenvalue weighted by Crippen LogP contribution is 2.27. The second-order valence-electron chi connectivity index (χ2n) is 6.74. The summed E-state index contributed by atoms with van der Waals surface area (Å²) >= 11 is 0. The molecular weight excluding hydrogens is 352 g/mol. The van der Waals surface area contributed by atoms with E-state index in [1.807, 2.05) is 57.2 Å². The van der Waals surface area contributed by atoms with Gasteiger partial charge in [0.15, 0.2) is 0 Å². The predicted octanol–water partition coefficient (Wildman–Crippen LogP) is 4.71. The molecule has 28 heavy (non-hydrogen) atoms. The smallest absolute Gasteiger partial charge is 0.274 e. The zero-order chi connectivity index (χ0) is 20.3. The molecule has 3 rings (SSSR count). The van der Waals surface area contributed by atoms with Crippen LogP contribution in [-0.4, -0.2) is 23.0 Å². The topological polar surface area (TPSA) is 76.1 Å². The van der Waals surface area contributed by atoms with Crippen molar-refractivity contribution < 1.29 is 9.53 Å². The minimum absolute atomic E-state index is 0.274. The highest BCUT2D eigenvalue weighted by molar-refractivity contribution is 6.04. The summed E-state index contributed by atoms with van der Waals surface area (Å²) in [5, 5.41) is 6.18. The average molecular weight is 376 g/mol. The monoisotopic (exact) mass is 376 g/mol. The van der Waals surface area contributed by atoms with Gasteiger partial charge in [-0.2, -0.15) is 0 Å². The van der Waals surface area contributed by atoms with Gasteiger partial charge in [0.2, 0.25) is 0 Å². The Morgan fingerprint density at radius 3 is 2.32 bits per heavy atom. The molecule has 0 saturated heterocycles. The van der Waals surface area contributed by atoms with Gasteiger partial charge in [0.1, 0.15) is 23.1 Å². The van der Waals surface area contributed by atoms with Gasteiger partial charge in [0, 0.05) is 11.8 Å². The van der Waals surface area contributed by atoms with E-state index in [1.165, 1.54) is 0 Å². The van der Waals surface area contributed by atoms with Gasteiger partial charge >= 0.3 is 0 Å². The van der Waals surface area contributed by atoms with E-state index in [0.717, 1.165) is 28.1 Å². The molecule has 0 saturated carbocycles. The van der Waals surface area contributed by atoms with E-state index in [1.54, 1.807) is 20.1 Å². The molecule has 0 spiro atoms. The maximum atomic E-state index is 12.8. The van der Waals surface area contributed by atoms with Crippen LogP contribution in [0.25, 0.3) is 0 Å². The molecule has 2 aromatic carbocycles. The van der Waals surface area contributed by atoms with Gasteiger partial charge in [0.05, 0.1) is 12.8 Å². The van der Waals surface area contributed by atoms with Crippen molar-refractivity contribution in [3.05, 3.63) is 70.7 Å². The molecule has 1 amide bonds. The van der Waals surface area contributed by atoms with Crippen molar-refractivity contribution in [2.45, 2.75) is 27.7 Å². The number of nitrogens with zero attached hydrogens (tertiary/aromatic N) is 2. The van der Waals surface area contributed by atoms with Gasteiger partial charge in [-0.15, -0.1) is 0 Å². The number of aryl methyl sites for hydroxylation is 4. The van der Waals surface area contributed by atoms with Crippen molar-refractivity contribution in [3.8, 4) is 5.75 Å². The quantitative estimate of drug-likeness (QED) is 0.674. The number of para-hydroxylation sites is 2. The van der Waals surface area contributed by atoms with Gasteiger partial charge in [-0.25, -0.2) is 9.97 Å². The number of carbonyl (C=O) groups is 1. The Morgan fingerprint density at radius 2 is 1.64 bits per heavy atom. The van der Waals surface area contributed by atoms with Gasteiger partial charge < -0.3 is 15.4 Å². The number of hydrogen-bond acceptors (Lipinski definition) is 5. The summed E-state index contributed by atoms with van der Waals surface area (Å²) in [6.45, 7) is 7.76. The molecule has 144 valence electrons. The van der Waals surface area contributed by atoms with Gasteiger partial charge in [0.25, 0.3) is 5.91 Å². The minimum Gasteiger partial charge on any atom is -0.495 e. The van der Waals surface area contributed by atoms with Crippen LogP contribution in [0.15, 0.2) is 42.5 Å². The summed E-state index contributed by atoms with van der Waals surface area (Å²) in [4.78, 5) is 21.5. The van der Waals surface area contributed by atoms with Crippen LogP contribution in [0.4, 0.5) is 17.2 Å². The molecule has 6 nitrogen and oxygen atoms in total. The standard InChI is InChI=1S/C22H24N4O2/c1-13-10-14(2)21(15(3)11-13)26-22(27)18-12-20(24-16(4)23-18)25-17-8-6-7-9-19(17)28-5/h6-12H,1-5H3,(H,26,27)(H,23,24,25). The van der Waals surface area contributed by atoms with Crippen LogP contribution in [0.1, 0.15) is 33.0 Å². The first kappa shape index (κ1) is 19.4. The van der Waals surface area contributed by atoms with Crippen LogP contribution in [-0.2, 0) is 0 Å². The molecular formula is C22H24N4O2. The number of ether oxygens (including phenoxy) is 1. The number of anilines is 3. The van der Waals surface area contributed by atoms with Gasteiger partial charge in [-0.3, -0.25) is 4.79 Å². The number of amides is 1. The fourth-order valence-corrected chi connectivity index (χ4v) is 3.19. The predicted molar refractivity (Wildman–Crippen MR) is 112 cm³/mol. The van der Waals surface area contributed by atoms with E-state index in [2.05, 4.69) is 20.6 Å². The molecule has 0 fully saturated rings. The molecule has 0 aliphatic rings. The minimum atomic E-state index is -0.274. The Balaban J connectivity index is 1.88. The summed E-state index contributed by atoms with van der Waals surface area (Å²) in [5.41, 5.74) is 5.07. The number of benzene rings is 2. The lowest BCUT2D eigenvalue weighted by Crippen LogP contribution is -2.17. The number of aromatic nitrogens is 2. The van der Waals surface area contributed by atoms with Crippen molar-refractivity contribution >= 4 is 23.1 Å². The lowest BCUT2D eigenvalue weighted by Gasteiger charge is -2.14. The first-order chi connectivity index (χ1) is 13.4. The Bertz CT molecular complexity index is 1010. The van der Waals surface area contributed by atoms with E-state index >= 15 is 0 Å². The summed E-state index contributed by atoms with van der Waals surface area (Å²) < 4.78 is 5.36. The molecule has 2 N–H and O–H groups in total. The van der Waals surface area contributed by atoms with Crippen LogP contribution in [0.5, 0.6) is 5.75 Å². The maximum Gasteiger partial charge on any atom is 0.274 e. The highest BCUT2D eigenvalue weighted by atomic mass is 16.5. The van der Waals surface area contributed by atoms with E-state index < -0.39 is 0 Å². The Hall–Kier alpha value is -3.41. The molecule has 0 unspecified atom stereocenters. The second-order valence-corrected chi connectivity index (χ2v) is 6.74. The number of nitrogens with one attached hydrogen (secondary N) is 2. The van der Waals surface area contributed by atoms with E-state index in [4.69, 9.17) is 4.74 Å². The van der Waals surface area contributed by atoms with Gasteiger partial charge in [-0.05, 0) is 51.0 Å². The zero-order valence-corrected chi connectivity index (χ0v) is 16.8. The number of hydrogen-bond donors (Lipinski definition) is 2. The number of rotatable bonds is 5. The van der Waals surface area contributed by atoms with Crippen molar-refractivity contribution in [1.29, 1.82) is 0 Å². The SMILES string of the molecule is COc1ccccc1Nc1cc(C(=O)Nc2c(C)cc(C)cc2C)nc(C)n1. The molecule has 0 bridgehead atoms. The highest BCUT2D eigenvalue weighted by Gasteiger charge is 2.14. The summed E-state index contributed by atoms with van der Waals surface area (Å²) in [6.07, 6.45) is 0. The van der Waals surface area contributed by atoms with E-state index in [0.29, 0.717) is 23.1 Å². The molecule has 1 heterocycles. The molecule has 1 aromatic heterocycles. The molecule has 0 radical (unpaired) electrons.